The highest BCUT2D eigenvalue weighted by atomic mass is 15.2. The van der Waals surface area contributed by atoms with Gasteiger partial charge in [-0.1, -0.05) is 255 Å². The molecule has 0 aliphatic heterocycles. The third-order valence-corrected chi connectivity index (χ3v) is 14.8. The minimum absolute atomic E-state index is 0.763. The van der Waals surface area contributed by atoms with Gasteiger partial charge in [0.2, 0.25) is 0 Å². The Bertz CT molecular complexity index is 3760. The summed E-state index contributed by atoms with van der Waals surface area (Å²) in [6.07, 6.45) is 8.59. The molecule has 2 nitrogen and oxygen atoms in total. The van der Waals surface area contributed by atoms with Gasteiger partial charge in [0.15, 0.2) is 0 Å². The van der Waals surface area contributed by atoms with E-state index in [0.29, 0.717) is 0 Å². The maximum absolute atomic E-state index is 4.34. The van der Waals surface area contributed by atoms with E-state index in [9.17, 15) is 0 Å². The molecule has 0 fully saturated rings. The fourth-order valence-electron chi connectivity index (χ4n) is 11.4. The van der Waals surface area contributed by atoms with E-state index in [0.717, 1.165) is 50.8 Å². The highest BCUT2D eigenvalue weighted by molar-refractivity contribution is 6.00. The van der Waals surface area contributed by atoms with Crippen LogP contribution in [0.25, 0.3) is 55.6 Å². The number of fused-ring (bicyclic) bond motifs is 3. The van der Waals surface area contributed by atoms with Crippen molar-refractivity contribution in [3.05, 3.63) is 338 Å². The molecule has 76 heavy (non-hydrogen) atoms. The van der Waals surface area contributed by atoms with Crippen molar-refractivity contribution in [1.82, 2.24) is 0 Å². The summed E-state index contributed by atoms with van der Waals surface area (Å²) >= 11 is 0. The number of hydrogen-bond donors (Lipinski definition) is 0. The van der Waals surface area contributed by atoms with Gasteiger partial charge in [-0.15, -0.1) is 0 Å². The highest BCUT2D eigenvalue weighted by Gasteiger charge is 2.48. The fraction of sp³-hybridized carbons (Fsp3) is 0.0270. The molecule has 11 aromatic carbocycles. The van der Waals surface area contributed by atoms with Crippen LogP contribution in [-0.2, 0) is 5.41 Å². The highest BCUT2D eigenvalue weighted by Crippen LogP contribution is 2.61. The summed E-state index contributed by atoms with van der Waals surface area (Å²) in [5.41, 5.74) is 22.0. The van der Waals surface area contributed by atoms with Gasteiger partial charge in [0.25, 0.3) is 0 Å². The van der Waals surface area contributed by atoms with Gasteiger partial charge in [0.05, 0.1) is 16.8 Å². The molecule has 0 spiro atoms. The van der Waals surface area contributed by atoms with Gasteiger partial charge in [-0.05, 0) is 134 Å². The molecule has 1 aliphatic rings. The van der Waals surface area contributed by atoms with E-state index >= 15 is 0 Å². The van der Waals surface area contributed by atoms with Crippen LogP contribution in [0.15, 0.2) is 322 Å². The second-order valence-electron chi connectivity index (χ2n) is 19.2. The summed E-state index contributed by atoms with van der Waals surface area (Å²) in [5.74, 6) is 0. The van der Waals surface area contributed by atoms with Gasteiger partial charge in [-0.3, -0.25) is 0 Å². The van der Waals surface area contributed by atoms with Crippen molar-refractivity contribution in [2.75, 3.05) is 9.80 Å². The zero-order valence-corrected chi connectivity index (χ0v) is 42.5. The van der Waals surface area contributed by atoms with Crippen molar-refractivity contribution in [3.63, 3.8) is 0 Å². The third kappa shape index (κ3) is 8.66. The Kier molecular flexibility index (Phi) is 13.1. The van der Waals surface area contributed by atoms with Gasteiger partial charge in [-0.25, -0.2) is 0 Å². The molecule has 0 saturated heterocycles. The van der Waals surface area contributed by atoms with Crippen molar-refractivity contribution in [3.8, 4) is 55.6 Å². The lowest BCUT2D eigenvalue weighted by atomic mass is 9.66. The average Bonchev–Trinajstić information content (AvgIpc) is 3.90. The van der Waals surface area contributed by atoms with Crippen molar-refractivity contribution in [1.29, 1.82) is 0 Å². The van der Waals surface area contributed by atoms with Crippen LogP contribution in [0.2, 0.25) is 0 Å². The first-order valence-electron chi connectivity index (χ1n) is 26.1. The number of para-hydroxylation sites is 1. The smallest absolute Gasteiger partial charge is 0.0714 e. The summed E-state index contributed by atoms with van der Waals surface area (Å²) in [7, 11) is 0. The molecule has 0 heterocycles. The van der Waals surface area contributed by atoms with E-state index in [1.165, 1.54) is 61.2 Å². The predicted molar refractivity (Wildman–Crippen MR) is 322 cm³/mol. The molecule has 0 aromatic heterocycles. The molecule has 1 atom stereocenters. The molecule has 0 N–H and O–H groups in total. The lowest BCUT2D eigenvalue weighted by Gasteiger charge is -2.36. The van der Waals surface area contributed by atoms with E-state index in [-0.39, 0.29) is 0 Å². The molecule has 0 bridgehead atoms. The Morgan fingerprint density at radius 2 is 0.763 bits per heavy atom. The van der Waals surface area contributed by atoms with Crippen LogP contribution in [-0.4, -0.2) is 0 Å². The molecule has 0 radical (unpaired) electrons. The third-order valence-electron chi connectivity index (χ3n) is 14.8. The first kappa shape index (κ1) is 47.3. The molecule has 12 rings (SSSR count). The number of nitrogens with zero attached hydrogens (tertiary/aromatic N) is 2. The largest absolute Gasteiger partial charge is 0.310 e. The monoisotopic (exact) mass is 972 g/mol. The molecule has 11 aromatic rings. The maximum atomic E-state index is 4.34. The summed E-state index contributed by atoms with van der Waals surface area (Å²) in [6, 6.07) is 104. The summed E-state index contributed by atoms with van der Waals surface area (Å²) in [6.45, 7) is 6.45. The fourth-order valence-corrected chi connectivity index (χ4v) is 11.4. The quantitative estimate of drug-likeness (QED) is 0.100. The Morgan fingerprint density at radius 1 is 0.355 bits per heavy atom. The van der Waals surface area contributed by atoms with Crippen LogP contribution in [0.1, 0.15) is 23.6 Å². The Balaban J connectivity index is 1.13. The first-order chi connectivity index (χ1) is 37.6. The van der Waals surface area contributed by atoms with Crippen LogP contribution in [0.5, 0.6) is 0 Å². The van der Waals surface area contributed by atoms with Crippen molar-refractivity contribution < 1.29 is 0 Å². The first-order valence-corrected chi connectivity index (χ1v) is 26.1. The Morgan fingerprint density at radius 3 is 1.25 bits per heavy atom. The number of hydrogen-bond acceptors (Lipinski definition) is 2. The molecular formula is C74H56N2. The van der Waals surface area contributed by atoms with Gasteiger partial charge in [0.1, 0.15) is 0 Å². The number of allylic oxidation sites excluding steroid dienone is 5. The number of benzene rings is 11. The molecule has 0 amide bonds. The summed E-state index contributed by atoms with van der Waals surface area (Å²) < 4.78 is 0. The van der Waals surface area contributed by atoms with Crippen LogP contribution >= 0.6 is 0 Å². The van der Waals surface area contributed by atoms with Gasteiger partial charge in [0, 0.05) is 33.9 Å². The van der Waals surface area contributed by atoms with Crippen LogP contribution in [0.4, 0.5) is 34.1 Å². The number of anilines is 6. The topological polar surface area (TPSA) is 6.48 Å². The van der Waals surface area contributed by atoms with Gasteiger partial charge < -0.3 is 9.80 Å². The maximum Gasteiger partial charge on any atom is 0.0714 e. The zero-order valence-electron chi connectivity index (χ0n) is 42.5. The van der Waals surface area contributed by atoms with E-state index in [4.69, 9.17) is 0 Å². The minimum atomic E-state index is -0.763. The lowest BCUT2D eigenvalue weighted by molar-refractivity contribution is 0.766. The second-order valence-corrected chi connectivity index (χ2v) is 19.2. The Hall–Kier alpha value is -9.76. The van der Waals surface area contributed by atoms with Crippen LogP contribution in [0.3, 0.4) is 0 Å². The average molecular weight is 973 g/mol. The van der Waals surface area contributed by atoms with Crippen molar-refractivity contribution >= 4 is 34.1 Å². The van der Waals surface area contributed by atoms with E-state index in [1.807, 2.05) is 6.08 Å². The van der Waals surface area contributed by atoms with Crippen LogP contribution < -0.4 is 9.80 Å². The molecule has 2 heteroatoms. The standard InChI is InChI=1S/C74H56N2/c1-3-23-61(24-4-2)74(62-33-18-9-19-34-62)69-36-22-38-72(75(63-45-39-57(40-46-63)54-25-10-5-11-26-54)64-47-41-58(42-48-64)55-27-12-6-13-28-55)73(69)68-52-51-66(53-70(68)74)76(65-49-43-59(44-50-65)56-29-14-7-15-30-56)71-37-21-20-35-67(71)60-31-16-8-17-32-60/h3-53H,1H2,2H3. The molecule has 1 aliphatic carbocycles. The normalized spacial score (nSPS) is 13.7. The zero-order chi connectivity index (χ0) is 51.3. The SMILES string of the molecule is C=CC=C(C=CC)C1(c2ccccc2)c2cc(N(c3ccc(-c4ccccc4)cc3)c3ccccc3-c3ccccc3)ccc2-c2c(N(c3ccc(-c4ccccc4)cc3)c3ccc(-c4ccccc4)cc3)cccc21. The molecule has 0 saturated carbocycles. The second kappa shape index (κ2) is 21.0. The van der Waals surface area contributed by atoms with Crippen molar-refractivity contribution in [2.45, 2.75) is 12.3 Å². The summed E-state index contributed by atoms with van der Waals surface area (Å²) in [4.78, 5) is 4.89. The van der Waals surface area contributed by atoms with Gasteiger partial charge in [-0.2, -0.15) is 0 Å². The van der Waals surface area contributed by atoms with Crippen LogP contribution in [0, 0.1) is 0 Å². The van der Waals surface area contributed by atoms with E-state index < -0.39 is 5.41 Å². The van der Waals surface area contributed by atoms with E-state index in [2.05, 4.69) is 327 Å². The molecule has 362 valence electrons. The molecule has 1 unspecified atom stereocenters. The predicted octanol–water partition coefficient (Wildman–Crippen LogP) is 20.3. The van der Waals surface area contributed by atoms with E-state index in [1.54, 1.807) is 0 Å². The summed E-state index contributed by atoms with van der Waals surface area (Å²) in [5, 5.41) is 0. The Labute approximate surface area is 447 Å². The van der Waals surface area contributed by atoms with Crippen molar-refractivity contribution in [2.24, 2.45) is 0 Å². The lowest BCUT2D eigenvalue weighted by Crippen LogP contribution is -2.29. The van der Waals surface area contributed by atoms with Gasteiger partial charge >= 0.3 is 0 Å². The minimum Gasteiger partial charge on any atom is -0.310 e. The molecular weight excluding hydrogens is 917 g/mol. The number of rotatable bonds is 14.